The van der Waals surface area contributed by atoms with Crippen molar-refractivity contribution in [3.05, 3.63) is 85.1 Å². The number of rotatable bonds is 50. The van der Waals surface area contributed by atoms with E-state index in [9.17, 15) is 15.0 Å². The van der Waals surface area contributed by atoms with Crippen LogP contribution in [0.2, 0.25) is 0 Å². The Kier molecular flexibility index (Phi) is 52.8. The zero-order valence-electron chi connectivity index (χ0n) is 42.5. The summed E-state index contributed by atoms with van der Waals surface area (Å²) in [5.74, 6) is -0.0670. The predicted molar refractivity (Wildman–Crippen MR) is 285 cm³/mol. The van der Waals surface area contributed by atoms with Gasteiger partial charge in [-0.15, -0.1) is 0 Å². The summed E-state index contributed by atoms with van der Waals surface area (Å²) in [5.41, 5.74) is 0. The third-order valence-electron chi connectivity index (χ3n) is 12.4. The molecule has 0 saturated carbocycles. The van der Waals surface area contributed by atoms with Gasteiger partial charge in [-0.1, -0.05) is 279 Å². The van der Waals surface area contributed by atoms with Crippen LogP contribution in [0.5, 0.6) is 0 Å². The van der Waals surface area contributed by atoms with Crippen molar-refractivity contribution in [1.82, 2.24) is 5.32 Å². The molecule has 0 saturated heterocycles. The highest BCUT2D eigenvalue weighted by Gasteiger charge is 2.18. The van der Waals surface area contributed by atoms with E-state index >= 15 is 0 Å². The molecular weight excluding hydrogens is 783 g/mol. The van der Waals surface area contributed by atoms with Gasteiger partial charge in [-0.05, 0) is 70.6 Å². The highest BCUT2D eigenvalue weighted by atomic mass is 16.3. The van der Waals surface area contributed by atoms with Crippen molar-refractivity contribution in [1.29, 1.82) is 0 Å². The number of hydrogen-bond acceptors (Lipinski definition) is 3. The van der Waals surface area contributed by atoms with Crippen molar-refractivity contribution in [2.75, 3.05) is 6.61 Å². The first-order valence-electron chi connectivity index (χ1n) is 27.8. The number of carbonyl (C=O) groups is 1. The van der Waals surface area contributed by atoms with Crippen molar-refractivity contribution in [3.8, 4) is 0 Å². The van der Waals surface area contributed by atoms with Gasteiger partial charge < -0.3 is 15.5 Å². The van der Waals surface area contributed by atoms with E-state index in [0.717, 1.165) is 64.2 Å². The second-order valence-electron chi connectivity index (χ2n) is 18.6. The monoisotopic (exact) mass is 890 g/mol. The number of aliphatic hydroxyl groups excluding tert-OH is 2. The van der Waals surface area contributed by atoms with Crippen molar-refractivity contribution in [2.45, 2.75) is 283 Å². The van der Waals surface area contributed by atoms with Gasteiger partial charge in [0.25, 0.3) is 0 Å². The maximum atomic E-state index is 12.5. The summed E-state index contributed by atoms with van der Waals surface area (Å²) < 4.78 is 0. The molecule has 4 nitrogen and oxygen atoms in total. The Morgan fingerprint density at radius 1 is 0.391 bits per heavy atom. The molecule has 2 unspecified atom stereocenters. The zero-order valence-corrected chi connectivity index (χ0v) is 42.5. The molecule has 0 bridgehead atoms. The maximum absolute atomic E-state index is 12.5. The Morgan fingerprint density at radius 3 is 1.03 bits per heavy atom. The minimum Gasteiger partial charge on any atom is -0.394 e. The van der Waals surface area contributed by atoms with Crippen LogP contribution in [0.1, 0.15) is 271 Å². The minimum absolute atomic E-state index is 0.0670. The molecule has 0 aliphatic heterocycles. The molecule has 1 amide bonds. The molecule has 64 heavy (non-hydrogen) atoms. The smallest absolute Gasteiger partial charge is 0.220 e. The molecule has 0 spiro atoms. The fourth-order valence-electron chi connectivity index (χ4n) is 8.18. The van der Waals surface area contributed by atoms with Crippen LogP contribution in [0.3, 0.4) is 0 Å². The first kappa shape index (κ1) is 61.6. The lowest BCUT2D eigenvalue weighted by Crippen LogP contribution is -2.45. The van der Waals surface area contributed by atoms with E-state index in [1.807, 2.05) is 6.08 Å². The predicted octanol–water partition coefficient (Wildman–Crippen LogP) is 18.4. The molecule has 0 aromatic carbocycles. The highest BCUT2D eigenvalue weighted by molar-refractivity contribution is 5.76. The van der Waals surface area contributed by atoms with Gasteiger partial charge in [0, 0.05) is 6.42 Å². The number of carbonyl (C=O) groups excluding carboxylic acids is 1. The Balaban J connectivity index is 3.54. The number of hydrogen-bond donors (Lipinski definition) is 3. The van der Waals surface area contributed by atoms with E-state index in [4.69, 9.17) is 0 Å². The molecule has 0 aromatic rings. The fraction of sp³-hybridized carbons (Fsp3) is 0.750. The molecule has 0 rings (SSSR count). The number of allylic oxidation sites excluding steroid dienone is 13. The lowest BCUT2D eigenvalue weighted by Gasteiger charge is -2.20. The van der Waals surface area contributed by atoms with Crippen molar-refractivity contribution < 1.29 is 15.0 Å². The van der Waals surface area contributed by atoms with Crippen molar-refractivity contribution >= 4 is 5.91 Å². The van der Waals surface area contributed by atoms with E-state index in [1.165, 1.54) is 186 Å². The average Bonchev–Trinajstić information content (AvgIpc) is 3.30. The van der Waals surface area contributed by atoms with Crippen LogP contribution in [0.25, 0.3) is 0 Å². The van der Waals surface area contributed by atoms with Gasteiger partial charge in [-0.2, -0.15) is 0 Å². The number of nitrogens with one attached hydrogen (secondary N) is 1. The lowest BCUT2D eigenvalue weighted by atomic mass is 10.0. The van der Waals surface area contributed by atoms with E-state index in [1.54, 1.807) is 6.08 Å². The number of aliphatic hydroxyl groups is 2. The summed E-state index contributed by atoms with van der Waals surface area (Å²) in [5, 5.41) is 23.2. The summed E-state index contributed by atoms with van der Waals surface area (Å²) in [6.07, 6.45) is 80.2. The van der Waals surface area contributed by atoms with Crippen molar-refractivity contribution in [3.63, 3.8) is 0 Å². The summed E-state index contributed by atoms with van der Waals surface area (Å²) in [6.45, 7) is 4.21. The second kappa shape index (κ2) is 54.9. The standard InChI is InChI=1S/C60H107NO3/c1-3-5-7-9-11-13-15-17-19-21-23-25-26-27-28-29-30-31-32-33-34-36-38-40-42-44-46-48-50-52-54-56-60(64)61-58(57-62)59(63)55-53-51-49-47-45-43-41-39-37-35-24-22-20-18-16-14-12-10-8-6-4-2/h5,7,11,13,17,19,23,25,27-28,30-31,53,55,58-59,62-63H,3-4,6,8-10,12,14-16,18,20-22,24,26,29,32-52,54,56-57H2,1-2H3,(H,61,64)/b7-5-,13-11-,19-17-,25-23-,28-27-,31-30-,55-53+. The Morgan fingerprint density at radius 2 is 0.688 bits per heavy atom. The molecule has 3 N–H and O–H groups in total. The largest absolute Gasteiger partial charge is 0.394 e. The van der Waals surface area contributed by atoms with E-state index in [0.29, 0.717) is 6.42 Å². The number of unbranched alkanes of at least 4 members (excludes halogenated alkanes) is 31. The first-order valence-corrected chi connectivity index (χ1v) is 27.8. The molecule has 0 heterocycles. The van der Waals surface area contributed by atoms with Crippen LogP contribution in [0.15, 0.2) is 85.1 Å². The van der Waals surface area contributed by atoms with Crippen LogP contribution < -0.4 is 5.32 Å². The lowest BCUT2D eigenvalue weighted by molar-refractivity contribution is -0.123. The molecule has 0 fully saturated rings. The van der Waals surface area contributed by atoms with Crippen LogP contribution in [0.4, 0.5) is 0 Å². The molecule has 370 valence electrons. The van der Waals surface area contributed by atoms with Crippen LogP contribution >= 0.6 is 0 Å². The fourth-order valence-corrected chi connectivity index (χ4v) is 8.18. The SMILES string of the molecule is CC/C=C\C/C=C\C/C=C\C/C=C\C/C=C\C/C=C\CCCCCCCCCCCCCCC(=O)NC(CO)C(O)/C=C/CCCCCCCCCCCCCCCCCCCCC. The molecule has 0 aliphatic carbocycles. The average molecular weight is 891 g/mol. The Hall–Kier alpha value is -2.43. The molecule has 0 aliphatic rings. The van der Waals surface area contributed by atoms with Gasteiger partial charge in [-0.25, -0.2) is 0 Å². The van der Waals surface area contributed by atoms with Crippen molar-refractivity contribution in [2.24, 2.45) is 0 Å². The van der Waals surface area contributed by atoms with E-state index < -0.39 is 12.1 Å². The Labute approximate surface area is 399 Å². The summed E-state index contributed by atoms with van der Waals surface area (Å²) in [6, 6.07) is -0.628. The van der Waals surface area contributed by atoms with E-state index in [2.05, 4.69) is 92.1 Å². The van der Waals surface area contributed by atoms with Gasteiger partial charge in [0.15, 0.2) is 0 Å². The highest BCUT2D eigenvalue weighted by Crippen LogP contribution is 2.16. The Bertz CT molecular complexity index is 1150. The quantitative estimate of drug-likeness (QED) is 0.0421. The minimum atomic E-state index is -0.845. The summed E-state index contributed by atoms with van der Waals surface area (Å²) in [7, 11) is 0. The molecule has 0 radical (unpaired) electrons. The van der Waals surface area contributed by atoms with Gasteiger partial charge in [-0.3, -0.25) is 4.79 Å². The molecule has 4 heteroatoms. The van der Waals surface area contributed by atoms with Crippen LogP contribution in [-0.4, -0.2) is 34.9 Å². The molecule has 2 atom stereocenters. The topological polar surface area (TPSA) is 69.6 Å². The van der Waals surface area contributed by atoms with E-state index in [-0.39, 0.29) is 12.5 Å². The van der Waals surface area contributed by atoms with Gasteiger partial charge in [0.1, 0.15) is 0 Å². The van der Waals surface area contributed by atoms with Gasteiger partial charge in [0.2, 0.25) is 5.91 Å². The van der Waals surface area contributed by atoms with Gasteiger partial charge >= 0.3 is 0 Å². The van der Waals surface area contributed by atoms with Gasteiger partial charge in [0.05, 0.1) is 18.8 Å². The maximum Gasteiger partial charge on any atom is 0.220 e. The second-order valence-corrected chi connectivity index (χ2v) is 18.6. The third kappa shape index (κ3) is 50.6. The molecular formula is C60H107NO3. The first-order chi connectivity index (χ1) is 31.7. The van der Waals surface area contributed by atoms with Crippen LogP contribution in [0, 0.1) is 0 Å². The summed E-state index contributed by atoms with van der Waals surface area (Å²) >= 11 is 0. The summed E-state index contributed by atoms with van der Waals surface area (Å²) in [4.78, 5) is 12.5. The zero-order chi connectivity index (χ0) is 46.3. The molecule has 0 aromatic heterocycles. The van der Waals surface area contributed by atoms with Crippen LogP contribution in [-0.2, 0) is 4.79 Å². The third-order valence-corrected chi connectivity index (χ3v) is 12.4. The normalized spacial score (nSPS) is 13.5. The number of amides is 1.